The lowest BCUT2D eigenvalue weighted by molar-refractivity contribution is -0.298. The highest BCUT2D eigenvalue weighted by molar-refractivity contribution is 7.80. The molecular weight excluding hydrogens is 678 g/mol. The number of hydrogen-bond acceptors (Lipinski definition) is 10. The normalized spacial score (nSPS) is 22.4. The van der Waals surface area contributed by atoms with Gasteiger partial charge in [0.05, 0.1) is 25.4 Å². The highest BCUT2D eigenvalue weighted by Gasteiger charge is 2.48. The van der Waals surface area contributed by atoms with E-state index in [2.05, 4.69) is 23.3 Å². The van der Waals surface area contributed by atoms with Crippen LogP contribution in [0.25, 0.3) is 0 Å². The third-order valence-corrected chi connectivity index (χ3v) is 10.0. The van der Waals surface area contributed by atoms with Crippen LogP contribution in [0.15, 0.2) is 12.2 Å². The van der Waals surface area contributed by atoms with Crippen molar-refractivity contribution in [1.29, 1.82) is 0 Å². The lowest BCUT2D eigenvalue weighted by Crippen LogP contribution is -2.61. The second-order valence-corrected chi connectivity index (χ2v) is 15.3. The van der Waals surface area contributed by atoms with Crippen molar-refractivity contribution < 1.29 is 51.8 Å². The second-order valence-electron chi connectivity index (χ2n) is 14.2. The van der Waals surface area contributed by atoms with Gasteiger partial charge >= 0.3 is 10.4 Å². The smallest absolute Gasteiger partial charge is 0.394 e. The number of rotatable bonds is 33. The van der Waals surface area contributed by atoms with Gasteiger partial charge in [0.1, 0.15) is 24.4 Å². The van der Waals surface area contributed by atoms with E-state index in [0.29, 0.717) is 6.42 Å². The molecule has 0 bridgehead atoms. The average Bonchev–Trinajstić information content (AvgIpc) is 3.09. The van der Waals surface area contributed by atoms with E-state index in [4.69, 9.17) is 14.0 Å². The fourth-order valence-corrected chi connectivity index (χ4v) is 6.90. The minimum atomic E-state index is -5.07. The van der Waals surface area contributed by atoms with E-state index in [-0.39, 0.29) is 18.9 Å². The molecule has 1 aliphatic heterocycles. The number of ether oxygens (including phenoxy) is 2. The second kappa shape index (κ2) is 30.2. The maximum absolute atomic E-state index is 12.9. The number of carbonyl (C=O) groups is 1. The fraction of sp³-hybridized carbons (Fsp3) is 0.921. The van der Waals surface area contributed by atoms with Gasteiger partial charge in [0, 0.05) is 6.42 Å². The Bertz CT molecular complexity index is 983. The average molecular weight is 752 g/mol. The minimum absolute atomic E-state index is 0.265. The Morgan fingerprint density at radius 3 is 1.71 bits per heavy atom. The van der Waals surface area contributed by atoms with Gasteiger partial charge in [-0.2, -0.15) is 8.42 Å². The van der Waals surface area contributed by atoms with E-state index in [1.54, 1.807) is 6.08 Å². The summed E-state index contributed by atoms with van der Waals surface area (Å²) in [6, 6.07) is -0.935. The standard InChI is InChI=1S/C38H73NO11S/c1-3-5-7-9-11-13-14-15-16-17-18-20-22-24-26-28-34(42)39-31(32(41)27-25-23-21-19-12-10-8-6-4-2)30-48-38-36(44)37(50-51(45,46)47)35(43)33(29-40)49-38/h25,27,31-33,35-38,40-41,43-44H,3-24,26,28-30H2,1-2H3,(H,39,42)(H,45,46,47)/b27-25+. The summed E-state index contributed by atoms with van der Waals surface area (Å²) in [6.45, 7) is 3.33. The first-order chi connectivity index (χ1) is 24.5. The number of hydrogen-bond donors (Lipinski definition) is 6. The Labute approximate surface area is 309 Å². The van der Waals surface area contributed by atoms with Gasteiger partial charge in [-0.05, 0) is 19.3 Å². The zero-order valence-corrected chi connectivity index (χ0v) is 32.5. The number of carbonyl (C=O) groups excluding carboxylic acids is 1. The van der Waals surface area contributed by atoms with Crippen LogP contribution in [0, 0.1) is 0 Å². The summed E-state index contributed by atoms with van der Waals surface area (Å²) in [5.74, 6) is -0.265. The third-order valence-electron chi connectivity index (χ3n) is 9.57. The van der Waals surface area contributed by atoms with Gasteiger partial charge in [-0.25, -0.2) is 4.18 Å². The Balaban J connectivity index is 2.57. The number of unbranched alkanes of at least 4 members (excludes halogenated alkanes) is 21. The quantitative estimate of drug-likeness (QED) is 0.0246. The first-order valence-corrected chi connectivity index (χ1v) is 21.4. The molecule has 6 N–H and O–H groups in total. The predicted molar refractivity (Wildman–Crippen MR) is 199 cm³/mol. The molecule has 0 aromatic rings. The molecule has 1 fully saturated rings. The molecule has 51 heavy (non-hydrogen) atoms. The molecule has 13 heteroatoms. The lowest BCUT2D eigenvalue weighted by Gasteiger charge is -2.41. The fourth-order valence-electron chi connectivity index (χ4n) is 6.39. The first-order valence-electron chi connectivity index (χ1n) is 20.1. The zero-order valence-electron chi connectivity index (χ0n) is 31.7. The van der Waals surface area contributed by atoms with Gasteiger partial charge in [0.15, 0.2) is 6.29 Å². The van der Waals surface area contributed by atoms with E-state index in [0.717, 1.165) is 44.9 Å². The Kier molecular flexibility index (Phi) is 28.3. The van der Waals surface area contributed by atoms with E-state index in [1.165, 1.54) is 96.3 Å². The summed E-state index contributed by atoms with van der Waals surface area (Å²) in [5.41, 5.74) is 0. The first kappa shape index (κ1) is 47.9. The van der Waals surface area contributed by atoms with Crippen LogP contribution in [-0.4, -0.2) is 95.4 Å². The number of nitrogens with one attached hydrogen (secondary N) is 1. The molecule has 0 aromatic heterocycles. The van der Waals surface area contributed by atoms with Crippen molar-refractivity contribution in [2.24, 2.45) is 0 Å². The molecule has 0 aliphatic carbocycles. The lowest BCUT2D eigenvalue weighted by atomic mass is 9.99. The largest absolute Gasteiger partial charge is 0.397 e. The molecule has 1 rings (SSSR count). The van der Waals surface area contributed by atoms with Crippen LogP contribution in [-0.2, 0) is 28.9 Å². The summed E-state index contributed by atoms with van der Waals surface area (Å²) in [6.07, 6.45) is 21.3. The van der Waals surface area contributed by atoms with Gasteiger partial charge in [-0.1, -0.05) is 154 Å². The topological polar surface area (TPSA) is 192 Å². The van der Waals surface area contributed by atoms with Crippen LogP contribution in [0.3, 0.4) is 0 Å². The maximum atomic E-state index is 12.9. The molecule has 1 amide bonds. The maximum Gasteiger partial charge on any atom is 0.397 e. The SMILES string of the molecule is CCCCCCCCC/C=C/C(O)C(COC1OC(CO)C(O)C(OS(=O)(=O)O)C1O)NC(=O)CCCCCCCCCCCCCCCCC. The van der Waals surface area contributed by atoms with Gasteiger partial charge in [0.2, 0.25) is 5.91 Å². The van der Waals surface area contributed by atoms with E-state index in [9.17, 15) is 33.6 Å². The molecule has 0 aromatic carbocycles. The molecule has 0 spiro atoms. The highest BCUT2D eigenvalue weighted by Crippen LogP contribution is 2.26. The molecule has 1 aliphatic rings. The number of aliphatic hydroxyl groups excluding tert-OH is 4. The Hall–Kier alpha value is -1.16. The molecule has 7 atom stereocenters. The van der Waals surface area contributed by atoms with Gasteiger partial charge in [-0.15, -0.1) is 0 Å². The molecule has 0 saturated carbocycles. The van der Waals surface area contributed by atoms with Crippen molar-refractivity contribution in [2.75, 3.05) is 13.2 Å². The number of aliphatic hydroxyl groups is 4. The summed E-state index contributed by atoms with van der Waals surface area (Å²) in [5, 5.41) is 44.4. The monoisotopic (exact) mass is 751 g/mol. The zero-order chi connectivity index (χ0) is 37.7. The van der Waals surface area contributed by atoms with E-state index >= 15 is 0 Å². The highest BCUT2D eigenvalue weighted by atomic mass is 32.3. The summed E-state index contributed by atoms with van der Waals surface area (Å²) in [7, 11) is -5.07. The summed E-state index contributed by atoms with van der Waals surface area (Å²) >= 11 is 0. The predicted octanol–water partition coefficient (Wildman–Crippen LogP) is 6.43. The molecule has 302 valence electrons. The minimum Gasteiger partial charge on any atom is -0.394 e. The number of allylic oxidation sites excluding steroid dienone is 1. The molecular formula is C38H73NO11S. The molecule has 12 nitrogen and oxygen atoms in total. The molecule has 0 radical (unpaired) electrons. The van der Waals surface area contributed by atoms with Gasteiger partial charge < -0.3 is 35.2 Å². The third kappa shape index (κ3) is 24.0. The van der Waals surface area contributed by atoms with Crippen molar-refractivity contribution >= 4 is 16.3 Å². The van der Waals surface area contributed by atoms with Crippen LogP contribution in [0.4, 0.5) is 0 Å². The number of amides is 1. The molecule has 1 heterocycles. The van der Waals surface area contributed by atoms with Crippen molar-refractivity contribution in [3.05, 3.63) is 12.2 Å². The Morgan fingerprint density at radius 1 is 0.765 bits per heavy atom. The van der Waals surface area contributed by atoms with E-state index < -0.39 is 59.9 Å². The van der Waals surface area contributed by atoms with Crippen LogP contribution >= 0.6 is 0 Å². The van der Waals surface area contributed by atoms with Gasteiger partial charge in [-0.3, -0.25) is 9.35 Å². The van der Waals surface area contributed by atoms with Crippen LogP contribution in [0.1, 0.15) is 168 Å². The molecule has 1 saturated heterocycles. The Morgan fingerprint density at radius 2 is 1.24 bits per heavy atom. The van der Waals surface area contributed by atoms with E-state index in [1.807, 2.05) is 6.08 Å². The summed E-state index contributed by atoms with van der Waals surface area (Å²) < 4.78 is 47.3. The van der Waals surface area contributed by atoms with Crippen LogP contribution in [0.5, 0.6) is 0 Å². The van der Waals surface area contributed by atoms with Crippen molar-refractivity contribution in [3.8, 4) is 0 Å². The van der Waals surface area contributed by atoms with Crippen molar-refractivity contribution in [2.45, 2.75) is 211 Å². The van der Waals surface area contributed by atoms with Crippen molar-refractivity contribution in [1.82, 2.24) is 5.32 Å². The van der Waals surface area contributed by atoms with Crippen molar-refractivity contribution in [3.63, 3.8) is 0 Å². The summed E-state index contributed by atoms with van der Waals surface area (Å²) in [4.78, 5) is 12.9. The van der Waals surface area contributed by atoms with Crippen LogP contribution in [0.2, 0.25) is 0 Å². The molecule has 7 unspecified atom stereocenters. The van der Waals surface area contributed by atoms with Crippen LogP contribution < -0.4 is 5.32 Å². The van der Waals surface area contributed by atoms with Gasteiger partial charge in [0.25, 0.3) is 0 Å².